The number of benzene rings is 3. The van der Waals surface area contributed by atoms with E-state index in [1.807, 2.05) is 28.5 Å². The van der Waals surface area contributed by atoms with Crippen LogP contribution in [-0.2, 0) is 30.8 Å². The summed E-state index contributed by atoms with van der Waals surface area (Å²) in [5, 5.41) is 10.2. The average molecular weight is 895 g/mol. The Morgan fingerprint density at radius 1 is 0.864 bits per heavy atom. The summed E-state index contributed by atoms with van der Waals surface area (Å²) >= 11 is 0. The summed E-state index contributed by atoms with van der Waals surface area (Å²) in [6.45, 7) is 12.6. The lowest BCUT2D eigenvalue weighted by Gasteiger charge is -2.35. The van der Waals surface area contributed by atoms with Crippen molar-refractivity contribution in [3.8, 4) is 17.2 Å². The molecule has 8 aromatic rings. The molecule has 4 atom stereocenters. The van der Waals surface area contributed by atoms with Gasteiger partial charge in [-0.15, -0.1) is 0 Å². The van der Waals surface area contributed by atoms with Crippen molar-refractivity contribution in [1.29, 1.82) is 0 Å². The van der Waals surface area contributed by atoms with Crippen molar-refractivity contribution in [1.82, 2.24) is 47.7 Å². The monoisotopic (exact) mass is 894 g/mol. The van der Waals surface area contributed by atoms with Crippen molar-refractivity contribution in [2.75, 3.05) is 13.2 Å². The second kappa shape index (κ2) is 14.5. The predicted molar refractivity (Wildman–Crippen MR) is 245 cm³/mol. The topological polar surface area (TPSA) is 165 Å². The number of aromatic amines is 1. The first-order valence-corrected chi connectivity index (χ1v) is 22.5. The number of halogens is 1. The lowest BCUT2D eigenvalue weighted by molar-refractivity contribution is -0.0592. The van der Waals surface area contributed by atoms with Crippen LogP contribution in [0.1, 0.15) is 103 Å². The van der Waals surface area contributed by atoms with Gasteiger partial charge in [-0.1, -0.05) is 18.1 Å². The fourth-order valence-corrected chi connectivity index (χ4v) is 11.1. The summed E-state index contributed by atoms with van der Waals surface area (Å²) in [7, 11) is 3.40. The number of carbonyl (C=O) groups is 1. The SMILES string of the molecule is Cc1cc(-n2nc3c(c2-n2ccn(-c4ccc5c(c4)n(C)c(=O)n5C)c2=O)[C@H](C)N(C(=O)c2cc4cc([C@H]5CCOC(C)(C)C5)ccc4n2[C@@]2(c4noc(=O)[nH]4)C[C@@H]2C)CC3)cc(C)c1F. The highest BCUT2D eigenvalue weighted by Crippen LogP contribution is 2.56. The van der Waals surface area contributed by atoms with E-state index >= 15 is 9.18 Å². The average Bonchev–Trinajstić information content (AvgIpc) is 3.85. The van der Waals surface area contributed by atoms with Gasteiger partial charge >= 0.3 is 17.1 Å². The zero-order chi connectivity index (χ0) is 46.3. The quantitative estimate of drug-likeness (QED) is 0.187. The van der Waals surface area contributed by atoms with Gasteiger partial charge in [0.05, 0.1) is 39.7 Å². The Morgan fingerprint density at radius 2 is 1.58 bits per heavy atom. The van der Waals surface area contributed by atoms with Crippen molar-refractivity contribution in [3.63, 3.8) is 0 Å². The second-order valence-electron chi connectivity index (χ2n) is 19.3. The number of hydrogen-bond acceptors (Lipinski definition) is 8. The summed E-state index contributed by atoms with van der Waals surface area (Å²) in [6.07, 6.45) is 6.09. The van der Waals surface area contributed by atoms with Crippen molar-refractivity contribution >= 4 is 27.8 Å². The number of H-pyrrole nitrogens is 1. The number of imidazole rings is 2. The van der Waals surface area contributed by atoms with Gasteiger partial charge in [-0.2, -0.15) is 5.10 Å². The van der Waals surface area contributed by atoms with Crippen LogP contribution in [0, 0.1) is 25.6 Å². The molecule has 2 aliphatic heterocycles. The summed E-state index contributed by atoms with van der Waals surface area (Å²) in [4.78, 5) is 60.2. The summed E-state index contributed by atoms with van der Waals surface area (Å²) < 4.78 is 36.1. The first-order chi connectivity index (χ1) is 31.5. The Labute approximate surface area is 377 Å². The van der Waals surface area contributed by atoms with Gasteiger partial charge in [0.2, 0.25) is 0 Å². The van der Waals surface area contributed by atoms with E-state index < -0.39 is 23.0 Å². The zero-order valence-corrected chi connectivity index (χ0v) is 38.2. The zero-order valence-electron chi connectivity index (χ0n) is 38.2. The lowest BCUT2D eigenvalue weighted by atomic mass is 9.83. The van der Waals surface area contributed by atoms with Crippen molar-refractivity contribution in [2.24, 2.45) is 20.0 Å². The van der Waals surface area contributed by atoms with Gasteiger partial charge in [0, 0.05) is 62.5 Å². The number of ether oxygens (including phenoxy) is 1. The van der Waals surface area contributed by atoms with Crippen LogP contribution in [0.15, 0.2) is 85.9 Å². The van der Waals surface area contributed by atoms with Crippen LogP contribution in [0.3, 0.4) is 0 Å². The number of carbonyl (C=O) groups excluding carboxylic acids is 1. The highest BCUT2D eigenvalue weighted by molar-refractivity contribution is 6.00. The number of nitrogens with zero attached hydrogens (tertiary/aromatic N) is 9. The molecule has 0 unspecified atom stereocenters. The Hall–Kier alpha value is -7.01. The standard InChI is InChI=1S/C49H51FN10O6/c1-26-19-34(20-27(2)41(26)50)60-42(58-17-16-57(47(58)64)33-10-12-37-38(23-33)55(8)46(63)54(37)7)40-29(4)56(15-13-35(40)52-60)43(61)39-22-32-21-30(31-14-18-65-48(5,6)25-31)9-11-36(32)59(39)49(24-28(49)3)44-51-45(62)66-53-44/h9-12,16-17,19-23,28-29,31H,13-15,18,24-25H2,1-8H3,(H,51,53,62)/t28-,29-,31-,49-/m0/s1. The third-order valence-electron chi connectivity index (χ3n) is 14.6. The fourth-order valence-electron chi connectivity index (χ4n) is 11.1. The largest absolute Gasteiger partial charge is 0.438 e. The Bertz CT molecular complexity index is 3490. The number of hydrogen-bond donors (Lipinski definition) is 1. The molecule has 0 bridgehead atoms. The molecule has 1 saturated carbocycles. The van der Waals surface area contributed by atoms with Gasteiger partial charge in [-0.05, 0) is 131 Å². The Kier molecular flexibility index (Phi) is 9.15. The number of aromatic nitrogens is 9. The van der Waals surface area contributed by atoms with E-state index in [9.17, 15) is 14.4 Å². The van der Waals surface area contributed by atoms with Crippen LogP contribution < -0.4 is 17.1 Å². The number of nitrogens with one attached hydrogen (secondary N) is 1. The van der Waals surface area contributed by atoms with Gasteiger partial charge in [-0.3, -0.25) is 32.6 Å². The molecule has 3 aromatic carbocycles. The van der Waals surface area contributed by atoms with Crippen LogP contribution in [0.25, 0.3) is 39.1 Å². The summed E-state index contributed by atoms with van der Waals surface area (Å²) in [5.74, 6) is -0.150. The maximum absolute atomic E-state index is 15.6. The van der Waals surface area contributed by atoms with Gasteiger partial charge < -0.3 is 14.2 Å². The van der Waals surface area contributed by atoms with E-state index in [2.05, 4.69) is 49.1 Å². The van der Waals surface area contributed by atoms with E-state index in [4.69, 9.17) is 14.4 Å². The molecular formula is C49H51FN10O6. The molecule has 2 fully saturated rings. The molecule has 17 heteroatoms. The third kappa shape index (κ3) is 6.11. The van der Waals surface area contributed by atoms with Crippen molar-refractivity contribution in [3.05, 3.63) is 144 Å². The molecule has 340 valence electrons. The van der Waals surface area contributed by atoms with Gasteiger partial charge in [0.1, 0.15) is 22.9 Å². The first kappa shape index (κ1) is 41.7. The fraction of sp³-hybridized carbons (Fsp3) is 0.388. The number of rotatable bonds is 7. The predicted octanol–water partition coefficient (Wildman–Crippen LogP) is 6.61. The molecule has 16 nitrogen and oxygen atoms in total. The van der Waals surface area contributed by atoms with Crippen molar-refractivity contribution in [2.45, 2.75) is 90.3 Å². The summed E-state index contributed by atoms with van der Waals surface area (Å²) in [6, 6.07) is 16.6. The molecule has 0 spiro atoms. The van der Waals surface area contributed by atoms with E-state index in [1.165, 1.54) is 14.7 Å². The van der Waals surface area contributed by atoms with E-state index in [0.717, 1.165) is 29.3 Å². The molecule has 1 amide bonds. The van der Waals surface area contributed by atoms with E-state index in [-0.39, 0.29) is 34.9 Å². The lowest BCUT2D eigenvalue weighted by Crippen LogP contribution is -2.41. The molecule has 1 saturated heterocycles. The molecule has 1 N–H and O–H groups in total. The number of amides is 1. The minimum atomic E-state index is -0.842. The molecule has 1 aliphatic carbocycles. The van der Waals surface area contributed by atoms with Crippen LogP contribution in [0.4, 0.5) is 4.39 Å². The second-order valence-corrected chi connectivity index (χ2v) is 19.3. The van der Waals surface area contributed by atoms with Crippen LogP contribution in [0.2, 0.25) is 0 Å². The maximum atomic E-state index is 15.6. The molecule has 11 rings (SSSR count). The number of fused-ring (bicyclic) bond motifs is 3. The highest BCUT2D eigenvalue weighted by Gasteiger charge is 2.59. The minimum absolute atomic E-state index is 0.0117. The molecule has 66 heavy (non-hydrogen) atoms. The number of aryl methyl sites for hydroxylation is 4. The van der Waals surface area contributed by atoms with Crippen LogP contribution >= 0.6 is 0 Å². The molecular weight excluding hydrogens is 844 g/mol. The molecule has 7 heterocycles. The third-order valence-corrected chi connectivity index (χ3v) is 14.6. The van der Waals surface area contributed by atoms with Gasteiger partial charge in [0.25, 0.3) is 5.91 Å². The van der Waals surface area contributed by atoms with E-state index in [1.54, 1.807) is 78.4 Å². The maximum Gasteiger partial charge on any atom is 0.438 e. The smallest absolute Gasteiger partial charge is 0.376 e. The Balaban J connectivity index is 1.06. The van der Waals surface area contributed by atoms with Crippen LogP contribution in [0.5, 0.6) is 0 Å². The molecule has 0 radical (unpaired) electrons. The van der Waals surface area contributed by atoms with Crippen molar-refractivity contribution < 1.29 is 18.4 Å². The van der Waals surface area contributed by atoms with E-state index in [0.29, 0.717) is 82.6 Å². The normalized spacial score (nSPS) is 21.5. The highest BCUT2D eigenvalue weighted by atomic mass is 19.1. The Morgan fingerprint density at radius 3 is 2.27 bits per heavy atom. The molecule has 5 aromatic heterocycles. The minimum Gasteiger partial charge on any atom is -0.376 e. The summed E-state index contributed by atoms with van der Waals surface area (Å²) in [5.41, 5.74) is 5.51. The van der Waals surface area contributed by atoms with Crippen LogP contribution in [-0.4, -0.2) is 72.3 Å². The first-order valence-electron chi connectivity index (χ1n) is 22.5. The van der Waals surface area contributed by atoms with Gasteiger partial charge in [0.15, 0.2) is 5.82 Å². The molecule has 3 aliphatic rings. The van der Waals surface area contributed by atoms with Gasteiger partial charge in [-0.25, -0.2) is 23.5 Å².